The topological polar surface area (TPSA) is 73.7 Å². The average Bonchev–Trinajstić information content (AvgIpc) is 2.81. The lowest BCUT2D eigenvalue weighted by atomic mass is 10.0. The average molecular weight is 450 g/mol. The molecule has 33 heavy (non-hydrogen) atoms. The molecule has 170 valence electrons. The summed E-state index contributed by atoms with van der Waals surface area (Å²) >= 11 is 0. The van der Waals surface area contributed by atoms with Crippen molar-refractivity contribution < 1.29 is 13.5 Å². The lowest BCUT2D eigenvalue weighted by molar-refractivity contribution is 0.0149. The molecule has 4 aromatic rings. The Labute approximate surface area is 191 Å². The highest BCUT2D eigenvalue weighted by molar-refractivity contribution is 5.86. The molecule has 5 rings (SSSR count). The first kappa shape index (κ1) is 22.8. The molecule has 4 heterocycles. The smallest absolute Gasteiger partial charge is 0.182 e. The van der Waals surface area contributed by atoms with Gasteiger partial charge in [-0.05, 0) is 69.9 Å². The molecule has 0 aliphatic carbocycles. The largest absolute Gasteiger partial charge is 0.374 e. The maximum Gasteiger partial charge on any atom is 0.182 e. The van der Waals surface area contributed by atoms with Gasteiger partial charge in [0.05, 0.1) is 17.5 Å². The van der Waals surface area contributed by atoms with Crippen molar-refractivity contribution in [1.29, 1.82) is 0 Å². The first-order chi connectivity index (χ1) is 15.9. The normalized spacial score (nSPS) is 15.7. The number of halogens is 2. The van der Waals surface area contributed by atoms with Gasteiger partial charge in [-0.2, -0.15) is 0 Å². The maximum atomic E-state index is 13.9. The van der Waals surface area contributed by atoms with Crippen LogP contribution in [0.2, 0.25) is 0 Å². The zero-order chi connectivity index (χ0) is 23.4. The van der Waals surface area contributed by atoms with Crippen LogP contribution < -0.4 is 0 Å². The van der Waals surface area contributed by atoms with E-state index in [2.05, 4.69) is 37.1 Å². The van der Waals surface area contributed by atoms with E-state index < -0.39 is 11.6 Å². The summed E-state index contributed by atoms with van der Waals surface area (Å²) in [5.41, 5.74) is 5.11. The van der Waals surface area contributed by atoms with Gasteiger partial charge in [0.15, 0.2) is 5.65 Å². The zero-order valence-electron chi connectivity index (χ0n) is 18.8. The van der Waals surface area contributed by atoms with Crippen molar-refractivity contribution in [1.82, 2.24) is 24.9 Å². The van der Waals surface area contributed by atoms with Crippen LogP contribution in [0.5, 0.6) is 0 Å². The molecule has 0 radical (unpaired) electrons. The molecule has 1 aliphatic rings. The van der Waals surface area contributed by atoms with E-state index >= 15 is 0 Å². The summed E-state index contributed by atoms with van der Waals surface area (Å²) < 4.78 is 32.6. The van der Waals surface area contributed by atoms with Gasteiger partial charge < -0.3 is 4.74 Å². The molecular weight excluding hydrogens is 424 g/mol. The Morgan fingerprint density at radius 1 is 0.909 bits per heavy atom. The molecule has 1 saturated heterocycles. The van der Waals surface area contributed by atoms with Gasteiger partial charge in [-0.1, -0.05) is 0 Å². The van der Waals surface area contributed by atoms with Gasteiger partial charge in [-0.15, -0.1) is 0 Å². The predicted octanol–water partition coefficient (Wildman–Crippen LogP) is 5.61. The Kier molecular flexibility index (Phi) is 6.93. The van der Waals surface area contributed by atoms with Gasteiger partial charge in [0.1, 0.15) is 29.2 Å². The highest BCUT2D eigenvalue weighted by Crippen LogP contribution is 2.28. The predicted molar refractivity (Wildman–Crippen MR) is 121 cm³/mol. The number of benzene rings is 1. The van der Waals surface area contributed by atoms with E-state index in [4.69, 9.17) is 4.74 Å². The van der Waals surface area contributed by atoms with Crippen LogP contribution in [0.4, 0.5) is 8.78 Å². The number of nitrogens with zero attached hydrogens (tertiary/aromatic N) is 5. The summed E-state index contributed by atoms with van der Waals surface area (Å²) in [6, 6.07) is 7.51. The number of aryl methyl sites for hydroxylation is 3. The van der Waals surface area contributed by atoms with Gasteiger partial charge in [0.2, 0.25) is 0 Å². The highest BCUT2D eigenvalue weighted by Gasteiger charge is 2.16. The Hall–Kier alpha value is -3.39. The van der Waals surface area contributed by atoms with E-state index in [9.17, 15) is 8.78 Å². The van der Waals surface area contributed by atoms with Crippen LogP contribution in [0.15, 0.2) is 42.9 Å². The fraction of sp³-hybridized carbons (Fsp3) is 0.320. The third kappa shape index (κ3) is 5.34. The van der Waals surface area contributed by atoms with Crippen LogP contribution >= 0.6 is 0 Å². The first-order valence-corrected chi connectivity index (χ1v) is 10.9. The number of fused-ring (bicyclic) bond motifs is 1. The van der Waals surface area contributed by atoms with Crippen molar-refractivity contribution in [3.63, 3.8) is 0 Å². The van der Waals surface area contributed by atoms with Crippen LogP contribution in [0.1, 0.15) is 48.0 Å². The summed E-state index contributed by atoms with van der Waals surface area (Å²) in [5, 5.41) is 0. The second-order valence-corrected chi connectivity index (χ2v) is 8.00. The van der Waals surface area contributed by atoms with Crippen molar-refractivity contribution in [2.75, 3.05) is 6.61 Å². The summed E-state index contributed by atoms with van der Waals surface area (Å²) in [7, 11) is 0. The van der Waals surface area contributed by atoms with Crippen LogP contribution in [-0.4, -0.2) is 31.5 Å². The maximum absolute atomic E-state index is 13.9. The van der Waals surface area contributed by atoms with E-state index in [1.54, 1.807) is 6.92 Å². The minimum Gasteiger partial charge on any atom is -0.374 e. The third-order valence-electron chi connectivity index (χ3n) is 5.54. The Balaban J connectivity index is 0.000000172. The molecule has 0 bridgehead atoms. The van der Waals surface area contributed by atoms with Crippen LogP contribution in [-0.2, 0) is 4.74 Å². The van der Waals surface area contributed by atoms with Crippen LogP contribution in [0.25, 0.3) is 22.4 Å². The molecule has 1 aromatic carbocycles. The summed E-state index contributed by atoms with van der Waals surface area (Å²) in [6.45, 7) is 6.56. The number of hydrogen-bond donors (Lipinski definition) is 0. The van der Waals surface area contributed by atoms with E-state index in [-0.39, 0.29) is 5.56 Å². The summed E-state index contributed by atoms with van der Waals surface area (Å²) in [6.07, 6.45) is 7.12. The van der Waals surface area contributed by atoms with Gasteiger partial charge in [-0.3, -0.25) is 4.98 Å². The molecule has 6 nitrogen and oxygen atoms in total. The fourth-order valence-electron chi connectivity index (χ4n) is 3.69. The number of hydrogen-bond acceptors (Lipinski definition) is 6. The lowest BCUT2D eigenvalue weighted by Gasteiger charge is -2.22. The summed E-state index contributed by atoms with van der Waals surface area (Å²) in [5.74, 6) is -1.33. The van der Waals surface area contributed by atoms with Crippen molar-refractivity contribution >= 4 is 11.2 Å². The zero-order valence-corrected chi connectivity index (χ0v) is 18.8. The molecule has 1 unspecified atom stereocenters. The Morgan fingerprint density at radius 3 is 2.45 bits per heavy atom. The second kappa shape index (κ2) is 10.0. The highest BCUT2D eigenvalue weighted by atomic mass is 19.1. The SMILES string of the molecule is Cc1cc(C2CCCCO2)ccn1.Cc1nc2ncnc(-c3ccc(F)cc3F)c2nc1C. The Morgan fingerprint density at radius 2 is 1.73 bits per heavy atom. The van der Waals surface area contributed by atoms with Crippen molar-refractivity contribution in [2.45, 2.75) is 46.1 Å². The van der Waals surface area contributed by atoms with E-state index in [0.29, 0.717) is 23.0 Å². The quantitative estimate of drug-likeness (QED) is 0.396. The Bertz CT molecular complexity index is 1280. The standard InChI is InChI=1S/C14H10F2N4.C11H15NO/c1-7-8(2)20-14-13(19-7)12(17-6-18-14)10-4-3-9(15)5-11(10)16;1-9-8-10(5-6-12-9)11-4-2-3-7-13-11/h3-6H,1-2H3;5-6,8,11H,2-4,7H2,1H3. The minimum absolute atomic E-state index is 0.177. The number of pyridine rings is 1. The molecular formula is C25H25F2N5O. The van der Waals surface area contributed by atoms with Crippen LogP contribution in [0.3, 0.4) is 0 Å². The first-order valence-electron chi connectivity index (χ1n) is 10.9. The molecule has 3 aromatic heterocycles. The van der Waals surface area contributed by atoms with E-state index in [1.165, 1.54) is 36.9 Å². The fourth-order valence-corrected chi connectivity index (χ4v) is 3.69. The van der Waals surface area contributed by atoms with Gasteiger partial charge in [0, 0.05) is 30.1 Å². The molecule has 0 saturated carbocycles. The molecule has 1 fully saturated rings. The molecule has 1 atom stereocenters. The molecule has 0 amide bonds. The number of aromatic nitrogens is 5. The van der Waals surface area contributed by atoms with Gasteiger partial charge >= 0.3 is 0 Å². The molecule has 0 N–H and O–H groups in total. The summed E-state index contributed by atoms with van der Waals surface area (Å²) in [4.78, 5) is 20.9. The van der Waals surface area contributed by atoms with Crippen molar-refractivity contribution in [3.05, 3.63) is 77.1 Å². The minimum atomic E-state index is -0.690. The number of ether oxygens (including phenoxy) is 1. The molecule has 8 heteroatoms. The lowest BCUT2D eigenvalue weighted by Crippen LogP contribution is -2.11. The van der Waals surface area contributed by atoms with Crippen molar-refractivity contribution in [2.24, 2.45) is 0 Å². The second-order valence-electron chi connectivity index (χ2n) is 8.00. The molecule has 0 spiro atoms. The molecule has 1 aliphatic heterocycles. The third-order valence-corrected chi connectivity index (χ3v) is 5.54. The monoisotopic (exact) mass is 449 g/mol. The van der Waals surface area contributed by atoms with Crippen LogP contribution in [0, 0.1) is 32.4 Å². The number of rotatable bonds is 2. The van der Waals surface area contributed by atoms with Gasteiger partial charge in [0.25, 0.3) is 0 Å². The van der Waals surface area contributed by atoms with Gasteiger partial charge in [-0.25, -0.2) is 28.7 Å². The van der Waals surface area contributed by atoms with E-state index in [0.717, 1.165) is 36.2 Å². The van der Waals surface area contributed by atoms with Crippen molar-refractivity contribution in [3.8, 4) is 11.3 Å². The van der Waals surface area contributed by atoms with E-state index in [1.807, 2.05) is 20.0 Å².